The van der Waals surface area contributed by atoms with Gasteiger partial charge >= 0.3 is 5.69 Å². The van der Waals surface area contributed by atoms with Crippen LogP contribution in [0, 0.1) is 15.9 Å². The number of hydrogen-bond acceptors (Lipinski definition) is 5. The highest BCUT2D eigenvalue weighted by Crippen LogP contribution is 2.26. The molecule has 0 unspecified atom stereocenters. The Morgan fingerprint density at radius 1 is 1.15 bits per heavy atom. The zero-order chi connectivity index (χ0) is 19.3. The van der Waals surface area contributed by atoms with Crippen molar-refractivity contribution in [3.8, 4) is 5.75 Å². The van der Waals surface area contributed by atoms with Gasteiger partial charge in [-0.3, -0.25) is 30.6 Å². The van der Waals surface area contributed by atoms with E-state index >= 15 is 0 Å². The minimum absolute atomic E-state index is 0.109. The normalized spacial score (nSPS) is 10.1. The van der Waals surface area contributed by atoms with Crippen molar-refractivity contribution in [1.29, 1.82) is 0 Å². The van der Waals surface area contributed by atoms with Gasteiger partial charge in [0.15, 0.2) is 12.4 Å². The molecule has 2 rings (SSSR count). The number of nitrogens with one attached hydrogen (secondary N) is 2. The summed E-state index contributed by atoms with van der Waals surface area (Å²) in [5.41, 5.74) is 3.47. The molecule has 0 aliphatic heterocycles. The molecule has 8 nitrogen and oxygen atoms in total. The first-order valence-electron chi connectivity index (χ1n) is 6.89. The smallest absolute Gasteiger partial charge is 0.310 e. The maximum atomic E-state index is 13.4. The van der Waals surface area contributed by atoms with Gasteiger partial charge in [0, 0.05) is 6.07 Å². The van der Waals surface area contributed by atoms with Crippen LogP contribution in [-0.2, 0) is 4.79 Å². The molecule has 0 aliphatic carbocycles. The number of halogens is 3. The highest BCUT2D eigenvalue weighted by atomic mass is 35.5. The van der Waals surface area contributed by atoms with E-state index in [4.69, 9.17) is 27.9 Å². The monoisotopic (exact) mass is 401 g/mol. The number of hydrazine groups is 1. The Morgan fingerprint density at radius 2 is 1.85 bits per heavy atom. The minimum Gasteiger partial charge on any atom is -0.477 e. The summed E-state index contributed by atoms with van der Waals surface area (Å²) < 4.78 is 18.4. The van der Waals surface area contributed by atoms with E-state index in [9.17, 15) is 24.1 Å². The maximum absolute atomic E-state index is 13.4. The Morgan fingerprint density at radius 3 is 2.54 bits per heavy atom. The summed E-state index contributed by atoms with van der Waals surface area (Å²) >= 11 is 11.3. The van der Waals surface area contributed by atoms with E-state index in [0.29, 0.717) is 0 Å². The number of rotatable bonds is 5. The summed E-state index contributed by atoms with van der Waals surface area (Å²) in [5.74, 6) is -2.65. The summed E-state index contributed by atoms with van der Waals surface area (Å²) in [4.78, 5) is 33.8. The van der Waals surface area contributed by atoms with Gasteiger partial charge in [-0.2, -0.15) is 0 Å². The number of hydrogen-bond donors (Lipinski definition) is 2. The molecule has 136 valence electrons. The molecule has 0 atom stereocenters. The number of para-hydroxylation sites is 2. The van der Waals surface area contributed by atoms with E-state index in [1.54, 1.807) is 0 Å². The first kappa shape index (κ1) is 19.4. The molecule has 0 bridgehead atoms. The number of carbonyl (C=O) groups is 2. The second-order valence-corrected chi connectivity index (χ2v) is 5.58. The average molecular weight is 402 g/mol. The Kier molecular flexibility index (Phi) is 6.31. The summed E-state index contributed by atoms with van der Waals surface area (Å²) in [5, 5.41) is 10.5. The Bertz CT molecular complexity index is 878. The van der Waals surface area contributed by atoms with Crippen molar-refractivity contribution >= 4 is 40.7 Å². The number of nitro benzene ring substituents is 1. The van der Waals surface area contributed by atoms with Crippen LogP contribution in [0.1, 0.15) is 10.4 Å². The Hall–Kier alpha value is -2.91. The Labute approximate surface area is 156 Å². The van der Waals surface area contributed by atoms with Gasteiger partial charge in [0.1, 0.15) is 5.82 Å². The quantitative estimate of drug-likeness (QED) is 0.454. The van der Waals surface area contributed by atoms with Crippen LogP contribution in [0.3, 0.4) is 0 Å². The highest BCUT2D eigenvalue weighted by Gasteiger charge is 2.17. The molecule has 0 spiro atoms. The van der Waals surface area contributed by atoms with Gasteiger partial charge in [0.25, 0.3) is 11.8 Å². The zero-order valence-corrected chi connectivity index (χ0v) is 14.3. The fraction of sp³-hybridized carbons (Fsp3) is 0.0667. The average Bonchev–Trinajstić information content (AvgIpc) is 2.61. The molecule has 2 amide bonds. The van der Waals surface area contributed by atoms with Gasteiger partial charge in [0.2, 0.25) is 0 Å². The molecule has 0 fully saturated rings. The topological polar surface area (TPSA) is 111 Å². The number of amides is 2. The van der Waals surface area contributed by atoms with Gasteiger partial charge in [0.05, 0.1) is 20.5 Å². The van der Waals surface area contributed by atoms with Crippen molar-refractivity contribution in [3.05, 3.63) is 67.9 Å². The molecule has 26 heavy (non-hydrogen) atoms. The standard InChI is InChI=1S/C15H10Cl2FN3O5/c16-9-6-10(17)11(18)5-8(9)15(23)20-19-14(22)7-26-13-4-2-1-3-12(13)21(24)25/h1-6H,7H2,(H,19,22)(H,20,23). The third-order valence-electron chi connectivity index (χ3n) is 2.99. The van der Waals surface area contributed by atoms with Crippen molar-refractivity contribution in [3.63, 3.8) is 0 Å². The largest absolute Gasteiger partial charge is 0.477 e. The molecule has 0 radical (unpaired) electrons. The van der Waals surface area contributed by atoms with Gasteiger partial charge in [-0.05, 0) is 18.2 Å². The van der Waals surface area contributed by atoms with Gasteiger partial charge in [-0.15, -0.1) is 0 Å². The minimum atomic E-state index is -0.885. The SMILES string of the molecule is O=C(COc1ccccc1[N+](=O)[O-])NNC(=O)c1cc(F)c(Cl)cc1Cl. The van der Waals surface area contributed by atoms with E-state index < -0.39 is 29.2 Å². The zero-order valence-electron chi connectivity index (χ0n) is 12.8. The lowest BCUT2D eigenvalue weighted by molar-refractivity contribution is -0.385. The number of ether oxygens (including phenoxy) is 1. The molecule has 2 aromatic rings. The first-order chi connectivity index (χ1) is 12.3. The predicted molar refractivity (Wildman–Crippen MR) is 90.6 cm³/mol. The van der Waals surface area contributed by atoms with Crippen LogP contribution in [0.5, 0.6) is 5.75 Å². The van der Waals surface area contributed by atoms with Crippen molar-refractivity contribution in [2.45, 2.75) is 0 Å². The molecule has 0 aromatic heterocycles. The molecule has 0 saturated carbocycles. The number of nitro groups is 1. The predicted octanol–water partition coefficient (Wildman–Crippen LogP) is 2.88. The van der Waals surface area contributed by atoms with Crippen molar-refractivity contribution in [2.24, 2.45) is 0 Å². The second kappa shape index (κ2) is 8.45. The molecule has 0 aliphatic rings. The molecule has 11 heteroatoms. The van der Waals surface area contributed by atoms with E-state index in [1.807, 2.05) is 10.9 Å². The lowest BCUT2D eigenvalue weighted by Gasteiger charge is -2.10. The fourth-order valence-corrected chi connectivity index (χ4v) is 2.27. The number of carbonyl (C=O) groups excluding carboxylic acids is 2. The van der Waals surface area contributed by atoms with E-state index in [0.717, 1.165) is 12.1 Å². The summed E-state index contributed by atoms with van der Waals surface area (Å²) in [6.07, 6.45) is 0. The summed E-state index contributed by atoms with van der Waals surface area (Å²) in [7, 11) is 0. The Balaban J connectivity index is 1.92. The van der Waals surface area contributed by atoms with Gasteiger partial charge in [-0.1, -0.05) is 35.3 Å². The second-order valence-electron chi connectivity index (χ2n) is 4.76. The van der Waals surface area contributed by atoms with Crippen LogP contribution in [0.25, 0.3) is 0 Å². The number of nitrogens with zero attached hydrogens (tertiary/aromatic N) is 1. The molecular formula is C15H10Cl2FN3O5. The third-order valence-corrected chi connectivity index (χ3v) is 3.59. The third kappa shape index (κ3) is 4.80. The van der Waals surface area contributed by atoms with E-state index in [-0.39, 0.29) is 27.0 Å². The number of benzene rings is 2. The molecular weight excluding hydrogens is 392 g/mol. The van der Waals surface area contributed by atoms with E-state index in [2.05, 4.69) is 0 Å². The summed E-state index contributed by atoms with van der Waals surface area (Å²) in [6, 6.07) is 7.34. The van der Waals surface area contributed by atoms with Crippen LogP contribution >= 0.6 is 23.2 Å². The van der Waals surface area contributed by atoms with Crippen LogP contribution in [0.4, 0.5) is 10.1 Å². The van der Waals surface area contributed by atoms with E-state index in [1.165, 1.54) is 24.3 Å². The molecule has 0 heterocycles. The van der Waals surface area contributed by atoms with Crippen LogP contribution in [-0.4, -0.2) is 23.3 Å². The van der Waals surface area contributed by atoms with Crippen LogP contribution < -0.4 is 15.6 Å². The first-order valence-corrected chi connectivity index (χ1v) is 7.65. The van der Waals surface area contributed by atoms with Gasteiger partial charge < -0.3 is 4.74 Å². The fourth-order valence-electron chi connectivity index (χ4n) is 1.80. The lowest BCUT2D eigenvalue weighted by Crippen LogP contribution is -2.44. The maximum Gasteiger partial charge on any atom is 0.310 e. The lowest BCUT2D eigenvalue weighted by atomic mass is 10.2. The molecule has 2 N–H and O–H groups in total. The van der Waals surface area contributed by atoms with Crippen molar-refractivity contribution in [2.75, 3.05) is 6.61 Å². The van der Waals surface area contributed by atoms with Crippen LogP contribution in [0.15, 0.2) is 36.4 Å². The van der Waals surface area contributed by atoms with Crippen molar-refractivity contribution in [1.82, 2.24) is 10.9 Å². The van der Waals surface area contributed by atoms with Crippen molar-refractivity contribution < 1.29 is 23.6 Å². The highest BCUT2D eigenvalue weighted by molar-refractivity contribution is 6.36. The molecule has 0 saturated heterocycles. The van der Waals surface area contributed by atoms with Gasteiger partial charge in [-0.25, -0.2) is 4.39 Å². The van der Waals surface area contributed by atoms with Crippen LogP contribution in [0.2, 0.25) is 10.0 Å². The molecule has 2 aromatic carbocycles. The summed E-state index contributed by atoms with van der Waals surface area (Å²) in [6.45, 7) is -0.603.